The van der Waals surface area contributed by atoms with Crippen LogP contribution < -0.4 is 5.32 Å². The summed E-state index contributed by atoms with van der Waals surface area (Å²) < 4.78 is 5.48. The summed E-state index contributed by atoms with van der Waals surface area (Å²) in [6, 6.07) is 0. The Morgan fingerprint density at radius 3 is 2.67 bits per heavy atom. The molecule has 2 aliphatic rings. The molecule has 2 rings (SSSR count). The molecule has 0 amide bonds. The first-order valence-electron chi connectivity index (χ1n) is 5.24. The van der Waals surface area contributed by atoms with Crippen molar-refractivity contribution in [2.24, 2.45) is 0 Å². The molecule has 0 aromatic heterocycles. The number of hydrogen-bond donors (Lipinski definition) is 1. The second-order valence-electron chi connectivity index (χ2n) is 4.13. The highest BCUT2D eigenvalue weighted by Crippen LogP contribution is 2.29. The predicted molar refractivity (Wildman–Crippen MR) is 49.3 cm³/mol. The molecule has 1 spiro atoms. The molecule has 2 aliphatic heterocycles. The Kier molecular flexibility index (Phi) is 2.66. The molecule has 0 aliphatic carbocycles. The monoisotopic (exact) mass is 169 g/mol. The van der Waals surface area contributed by atoms with Gasteiger partial charge in [-0.05, 0) is 38.6 Å². The number of ether oxygens (including phenoxy) is 1. The maximum absolute atomic E-state index is 5.48. The van der Waals surface area contributed by atoms with Crippen molar-refractivity contribution in [2.75, 3.05) is 19.8 Å². The first kappa shape index (κ1) is 8.52. The van der Waals surface area contributed by atoms with Gasteiger partial charge < -0.3 is 10.1 Å². The van der Waals surface area contributed by atoms with Crippen LogP contribution in [0.1, 0.15) is 38.5 Å². The van der Waals surface area contributed by atoms with Gasteiger partial charge in [0.15, 0.2) is 0 Å². The minimum Gasteiger partial charge on any atom is -0.381 e. The van der Waals surface area contributed by atoms with E-state index in [1.54, 1.807) is 0 Å². The van der Waals surface area contributed by atoms with E-state index >= 15 is 0 Å². The molecule has 1 atom stereocenters. The lowest BCUT2D eigenvalue weighted by atomic mass is 9.83. The van der Waals surface area contributed by atoms with Crippen LogP contribution in [0.4, 0.5) is 0 Å². The van der Waals surface area contributed by atoms with Gasteiger partial charge in [0.2, 0.25) is 0 Å². The van der Waals surface area contributed by atoms with Crippen molar-refractivity contribution in [1.82, 2.24) is 5.32 Å². The first-order valence-corrected chi connectivity index (χ1v) is 5.24. The highest BCUT2D eigenvalue weighted by molar-refractivity contribution is 4.91. The number of hydrogen-bond acceptors (Lipinski definition) is 2. The number of rotatable bonds is 0. The highest BCUT2D eigenvalue weighted by atomic mass is 16.5. The Morgan fingerprint density at radius 2 is 1.83 bits per heavy atom. The van der Waals surface area contributed by atoms with E-state index in [1.165, 1.54) is 45.1 Å². The molecule has 0 radical (unpaired) electrons. The van der Waals surface area contributed by atoms with Crippen LogP contribution in [0, 0.1) is 0 Å². The van der Waals surface area contributed by atoms with Gasteiger partial charge in [-0.2, -0.15) is 0 Å². The SMILES string of the molecule is C1CCC2(CCCOCC2)NC1. The summed E-state index contributed by atoms with van der Waals surface area (Å²) in [5, 5.41) is 3.69. The van der Waals surface area contributed by atoms with Crippen LogP contribution in [0.5, 0.6) is 0 Å². The van der Waals surface area contributed by atoms with Crippen LogP contribution in [0.15, 0.2) is 0 Å². The minimum absolute atomic E-state index is 0.467. The quantitative estimate of drug-likeness (QED) is 0.596. The largest absolute Gasteiger partial charge is 0.381 e. The van der Waals surface area contributed by atoms with Crippen molar-refractivity contribution < 1.29 is 4.74 Å². The van der Waals surface area contributed by atoms with Crippen molar-refractivity contribution >= 4 is 0 Å². The van der Waals surface area contributed by atoms with Gasteiger partial charge >= 0.3 is 0 Å². The second kappa shape index (κ2) is 3.75. The van der Waals surface area contributed by atoms with E-state index in [1.807, 2.05) is 0 Å². The fourth-order valence-electron chi connectivity index (χ4n) is 2.46. The molecule has 2 fully saturated rings. The molecule has 0 aromatic carbocycles. The number of piperidine rings is 1. The van der Waals surface area contributed by atoms with Crippen molar-refractivity contribution in [3.8, 4) is 0 Å². The Hall–Kier alpha value is -0.0800. The summed E-state index contributed by atoms with van der Waals surface area (Å²) in [5.41, 5.74) is 0.467. The van der Waals surface area contributed by atoms with Gasteiger partial charge in [0.25, 0.3) is 0 Å². The summed E-state index contributed by atoms with van der Waals surface area (Å²) in [6.07, 6.45) is 7.94. The molecule has 1 unspecified atom stereocenters. The van der Waals surface area contributed by atoms with Crippen LogP contribution in [-0.2, 0) is 4.74 Å². The van der Waals surface area contributed by atoms with E-state index < -0.39 is 0 Å². The zero-order valence-corrected chi connectivity index (χ0v) is 7.77. The first-order chi connectivity index (χ1) is 5.91. The molecule has 2 heterocycles. The Morgan fingerprint density at radius 1 is 0.917 bits per heavy atom. The van der Waals surface area contributed by atoms with Crippen molar-refractivity contribution in [3.05, 3.63) is 0 Å². The molecule has 12 heavy (non-hydrogen) atoms. The standard InChI is InChI=1S/C10H19NO/c1-2-7-11-10(4-1)5-3-8-12-9-6-10/h11H,1-9H2. The molecule has 0 aromatic rings. The summed E-state index contributed by atoms with van der Waals surface area (Å²) >= 11 is 0. The summed E-state index contributed by atoms with van der Waals surface area (Å²) in [4.78, 5) is 0. The third-order valence-electron chi connectivity index (χ3n) is 3.25. The molecule has 2 nitrogen and oxygen atoms in total. The van der Waals surface area contributed by atoms with Gasteiger partial charge in [0, 0.05) is 18.8 Å². The lowest BCUT2D eigenvalue weighted by Gasteiger charge is -2.37. The van der Waals surface area contributed by atoms with E-state index in [-0.39, 0.29) is 0 Å². The van der Waals surface area contributed by atoms with Crippen LogP contribution in [0.3, 0.4) is 0 Å². The van der Waals surface area contributed by atoms with Crippen molar-refractivity contribution in [2.45, 2.75) is 44.1 Å². The lowest BCUT2D eigenvalue weighted by molar-refractivity contribution is 0.131. The maximum atomic E-state index is 5.48. The summed E-state index contributed by atoms with van der Waals surface area (Å²) in [7, 11) is 0. The van der Waals surface area contributed by atoms with Gasteiger partial charge in [-0.15, -0.1) is 0 Å². The van der Waals surface area contributed by atoms with Gasteiger partial charge in [0.1, 0.15) is 0 Å². The predicted octanol–water partition coefficient (Wildman–Crippen LogP) is 1.70. The molecular weight excluding hydrogens is 150 g/mol. The smallest absolute Gasteiger partial charge is 0.0483 e. The van der Waals surface area contributed by atoms with E-state index in [9.17, 15) is 0 Å². The van der Waals surface area contributed by atoms with Gasteiger partial charge in [-0.3, -0.25) is 0 Å². The van der Waals surface area contributed by atoms with E-state index in [0.29, 0.717) is 5.54 Å². The molecule has 1 N–H and O–H groups in total. The van der Waals surface area contributed by atoms with Gasteiger partial charge in [0.05, 0.1) is 0 Å². The topological polar surface area (TPSA) is 21.3 Å². The molecule has 2 heteroatoms. The fourth-order valence-corrected chi connectivity index (χ4v) is 2.46. The Balaban J connectivity index is 1.95. The van der Waals surface area contributed by atoms with E-state index in [2.05, 4.69) is 5.32 Å². The van der Waals surface area contributed by atoms with E-state index in [4.69, 9.17) is 4.74 Å². The maximum Gasteiger partial charge on any atom is 0.0483 e. The zero-order chi connectivity index (χ0) is 8.28. The van der Waals surface area contributed by atoms with Crippen LogP contribution in [0.2, 0.25) is 0 Å². The third kappa shape index (κ3) is 1.80. The summed E-state index contributed by atoms with van der Waals surface area (Å²) in [6.45, 7) is 3.16. The molecule has 0 bridgehead atoms. The second-order valence-corrected chi connectivity index (χ2v) is 4.13. The molecular formula is C10H19NO. The zero-order valence-electron chi connectivity index (χ0n) is 7.77. The highest BCUT2D eigenvalue weighted by Gasteiger charge is 2.31. The van der Waals surface area contributed by atoms with Gasteiger partial charge in [-0.25, -0.2) is 0 Å². The van der Waals surface area contributed by atoms with Crippen molar-refractivity contribution in [1.29, 1.82) is 0 Å². The van der Waals surface area contributed by atoms with Crippen LogP contribution >= 0.6 is 0 Å². The lowest BCUT2D eigenvalue weighted by Crippen LogP contribution is -2.48. The van der Waals surface area contributed by atoms with E-state index in [0.717, 1.165) is 13.2 Å². The van der Waals surface area contributed by atoms with Crippen molar-refractivity contribution in [3.63, 3.8) is 0 Å². The molecule has 2 saturated heterocycles. The average molecular weight is 169 g/mol. The van der Waals surface area contributed by atoms with Gasteiger partial charge in [-0.1, -0.05) is 6.42 Å². The average Bonchev–Trinajstić information content (AvgIpc) is 2.33. The van der Waals surface area contributed by atoms with Crippen LogP contribution in [-0.4, -0.2) is 25.3 Å². The number of nitrogens with one attached hydrogen (secondary N) is 1. The van der Waals surface area contributed by atoms with Crippen LogP contribution in [0.25, 0.3) is 0 Å². The Bertz CT molecular complexity index is 131. The summed E-state index contributed by atoms with van der Waals surface area (Å²) in [5.74, 6) is 0. The molecule has 0 saturated carbocycles. The third-order valence-corrected chi connectivity index (χ3v) is 3.25. The molecule has 70 valence electrons. The fraction of sp³-hybridized carbons (Fsp3) is 1.00. The normalized spacial score (nSPS) is 38.0. The Labute approximate surface area is 74.7 Å². The minimum atomic E-state index is 0.467.